The van der Waals surface area contributed by atoms with Crippen LogP contribution in [0.1, 0.15) is 55.6 Å². The van der Waals surface area contributed by atoms with Gasteiger partial charge in [0.05, 0.1) is 17.1 Å². The summed E-state index contributed by atoms with van der Waals surface area (Å²) in [6, 6.07) is 11.5. The topological polar surface area (TPSA) is 102 Å². The third-order valence-electron chi connectivity index (χ3n) is 5.67. The monoisotopic (exact) mass is 498 g/mol. The van der Waals surface area contributed by atoms with E-state index < -0.39 is 21.9 Å². The van der Waals surface area contributed by atoms with Crippen molar-refractivity contribution < 1.29 is 22.7 Å². The molecule has 1 aliphatic rings. The van der Waals surface area contributed by atoms with Crippen LogP contribution in [0.25, 0.3) is 0 Å². The minimum absolute atomic E-state index is 0.0139. The predicted octanol–water partition coefficient (Wildman–Crippen LogP) is 5.08. The third-order valence-corrected chi connectivity index (χ3v) is 8.40. The Hall–Kier alpha value is -3.17. The first-order valence-corrected chi connectivity index (χ1v) is 13.3. The summed E-state index contributed by atoms with van der Waals surface area (Å²) in [5, 5.41) is 3.25. The maximum Gasteiger partial charge on any atom is 0.341 e. The molecule has 2 N–H and O–H groups in total. The largest absolute Gasteiger partial charge is 0.462 e. The molecule has 1 aliphatic carbocycles. The number of benzene rings is 2. The predicted molar refractivity (Wildman–Crippen MR) is 133 cm³/mol. The number of esters is 1. The maximum absolute atomic E-state index is 13.1. The molecule has 0 fully saturated rings. The van der Waals surface area contributed by atoms with E-state index in [0.717, 1.165) is 35.3 Å². The molecule has 0 saturated carbocycles. The second kappa shape index (κ2) is 9.60. The number of sulfonamides is 1. The lowest BCUT2D eigenvalue weighted by Gasteiger charge is -2.13. The lowest BCUT2D eigenvalue weighted by molar-refractivity contribution is 0.0527. The van der Waals surface area contributed by atoms with Gasteiger partial charge in [-0.2, -0.15) is 0 Å². The Balaban J connectivity index is 1.62. The van der Waals surface area contributed by atoms with Crippen molar-refractivity contribution in [2.45, 2.75) is 44.9 Å². The zero-order valence-electron chi connectivity index (χ0n) is 19.2. The fourth-order valence-corrected chi connectivity index (χ4v) is 6.55. The van der Waals surface area contributed by atoms with Crippen LogP contribution in [-0.2, 0) is 27.6 Å². The number of hydrogen-bond acceptors (Lipinski definition) is 6. The molecule has 0 bridgehead atoms. The van der Waals surface area contributed by atoms with Crippen molar-refractivity contribution in [3.8, 4) is 0 Å². The molecule has 1 amide bonds. The van der Waals surface area contributed by atoms with E-state index in [1.54, 1.807) is 38.1 Å². The molecule has 0 saturated heterocycles. The number of aryl methyl sites for hydroxylation is 3. The maximum atomic E-state index is 13.1. The van der Waals surface area contributed by atoms with Crippen molar-refractivity contribution in [2.75, 3.05) is 16.6 Å². The quantitative estimate of drug-likeness (QED) is 0.442. The Morgan fingerprint density at radius 3 is 2.50 bits per heavy atom. The fourth-order valence-electron chi connectivity index (χ4n) is 3.95. The van der Waals surface area contributed by atoms with Crippen LogP contribution in [0.5, 0.6) is 0 Å². The fraction of sp³-hybridized carbons (Fsp3) is 0.280. The molecule has 0 unspecified atom stereocenters. The van der Waals surface area contributed by atoms with E-state index in [1.165, 1.54) is 17.4 Å². The molecule has 0 spiro atoms. The molecule has 1 aromatic heterocycles. The summed E-state index contributed by atoms with van der Waals surface area (Å²) in [5.41, 5.74) is 3.49. The van der Waals surface area contributed by atoms with Crippen LogP contribution >= 0.6 is 11.3 Å². The Kier molecular flexibility index (Phi) is 6.77. The van der Waals surface area contributed by atoms with Crippen LogP contribution in [0.3, 0.4) is 0 Å². The molecule has 1 heterocycles. The van der Waals surface area contributed by atoms with E-state index in [-0.39, 0.29) is 17.1 Å². The van der Waals surface area contributed by atoms with Crippen LogP contribution in [0, 0.1) is 13.8 Å². The summed E-state index contributed by atoms with van der Waals surface area (Å²) >= 11 is 1.38. The first-order chi connectivity index (χ1) is 16.2. The molecular formula is C25H26N2O5S2. The van der Waals surface area contributed by atoms with Gasteiger partial charge < -0.3 is 10.1 Å². The van der Waals surface area contributed by atoms with Gasteiger partial charge >= 0.3 is 5.97 Å². The van der Waals surface area contributed by atoms with Crippen LogP contribution in [0.2, 0.25) is 0 Å². The van der Waals surface area contributed by atoms with Crippen molar-refractivity contribution in [1.29, 1.82) is 0 Å². The van der Waals surface area contributed by atoms with Gasteiger partial charge in [0.1, 0.15) is 5.00 Å². The molecule has 9 heteroatoms. The number of hydrogen-bond donors (Lipinski definition) is 2. The number of nitrogens with one attached hydrogen (secondary N) is 2. The van der Waals surface area contributed by atoms with Crippen molar-refractivity contribution >= 4 is 43.9 Å². The highest BCUT2D eigenvalue weighted by Gasteiger charge is 2.29. The number of carbonyl (C=O) groups is 2. The Labute approximate surface area is 203 Å². The average Bonchev–Trinajstić information content (AvgIpc) is 3.36. The van der Waals surface area contributed by atoms with E-state index in [2.05, 4.69) is 10.0 Å². The lowest BCUT2D eigenvalue weighted by atomic mass is 10.1. The molecule has 7 nitrogen and oxygen atoms in total. The highest BCUT2D eigenvalue weighted by atomic mass is 32.2. The van der Waals surface area contributed by atoms with Crippen molar-refractivity contribution in [1.82, 2.24) is 0 Å². The van der Waals surface area contributed by atoms with Gasteiger partial charge in [0.25, 0.3) is 15.9 Å². The van der Waals surface area contributed by atoms with Gasteiger partial charge in [-0.1, -0.05) is 23.8 Å². The van der Waals surface area contributed by atoms with E-state index in [1.807, 2.05) is 19.1 Å². The van der Waals surface area contributed by atoms with Gasteiger partial charge in [0.2, 0.25) is 0 Å². The normalized spacial score (nSPS) is 12.8. The molecule has 0 radical (unpaired) electrons. The van der Waals surface area contributed by atoms with Gasteiger partial charge in [-0.15, -0.1) is 11.3 Å². The number of rotatable bonds is 7. The number of amides is 1. The average molecular weight is 499 g/mol. The Morgan fingerprint density at radius 2 is 1.79 bits per heavy atom. The van der Waals surface area contributed by atoms with Gasteiger partial charge in [0, 0.05) is 16.1 Å². The number of ether oxygens (including phenoxy) is 1. The van der Waals surface area contributed by atoms with E-state index in [0.29, 0.717) is 21.8 Å². The van der Waals surface area contributed by atoms with Crippen molar-refractivity contribution in [3.63, 3.8) is 0 Å². The van der Waals surface area contributed by atoms with E-state index in [9.17, 15) is 18.0 Å². The number of thiophene rings is 1. The van der Waals surface area contributed by atoms with Crippen molar-refractivity contribution in [3.05, 3.63) is 75.2 Å². The van der Waals surface area contributed by atoms with E-state index >= 15 is 0 Å². The van der Waals surface area contributed by atoms with E-state index in [4.69, 9.17) is 4.74 Å². The van der Waals surface area contributed by atoms with Gasteiger partial charge in [0.15, 0.2) is 0 Å². The summed E-state index contributed by atoms with van der Waals surface area (Å²) in [7, 11) is -3.91. The second-order valence-corrected chi connectivity index (χ2v) is 10.9. The van der Waals surface area contributed by atoms with Gasteiger partial charge in [-0.05, 0) is 75.4 Å². The third kappa shape index (κ3) is 4.85. The van der Waals surface area contributed by atoms with Crippen molar-refractivity contribution in [2.24, 2.45) is 0 Å². The highest BCUT2D eigenvalue weighted by molar-refractivity contribution is 7.92. The smallest absolute Gasteiger partial charge is 0.341 e. The highest BCUT2D eigenvalue weighted by Crippen LogP contribution is 2.39. The van der Waals surface area contributed by atoms with Crippen LogP contribution in [-0.4, -0.2) is 26.9 Å². The molecule has 0 aliphatic heterocycles. The lowest BCUT2D eigenvalue weighted by Crippen LogP contribution is -2.18. The Morgan fingerprint density at radius 1 is 1.06 bits per heavy atom. The summed E-state index contributed by atoms with van der Waals surface area (Å²) in [4.78, 5) is 26.8. The Bertz CT molecular complexity index is 1360. The summed E-state index contributed by atoms with van der Waals surface area (Å²) in [5.74, 6) is -0.941. The van der Waals surface area contributed by atoms with Crippen LogP contribution < -0.4 is 10.0 Å². The van der Waals surface area contributed by atoms with Crippen LogP contribution in [0.15, 0.2) is 47.4 Å². The molecule has 4 rings (SSSR count). The standard InChI is InChI=1S/C25H26N2O5S2/c1-4-32-25(29)22-19-6-5-7-20(19)33-24(22)26-23(28)17-11-10-16(3)21(14-17)34(30,31)27-18-12-8-15(2)9-13-18/h8-14,27H,4-7H2,1-3H3,(H,26,28). The zero-order valence-corrected chi connectivity index (χ0v) is 20.9. The SMILES string of the molecule is CCOC(=O)c1c(NC(=O)c2ccc(C)c(S(=O)(=O)Nc3ccc(C)cc3)c2)sc2c1CCC2. The first kappa shape index (κ1) is 24.0. The molecule has 178 valence electrons. The van der Waals surface area contributed by atoms with Gasteiger partial charge in [-0.25, -0.2) is 13.2 Å². The number of anilines is 2. The molecule has 2 aromatic carbocycles. The van der Waals surface area contributed by atoms with Crippen LogP contribution in [0.4, 0.5) is 10.7 Å². The summed E-state index contributed by atoms with van der Waals surface area (Å²) in [6.45, 7) is 5.57. The summed E-state index contributed by atoms with van der Waals surface area (Å²) < 4.78 is 33.9. The molecule has 34 heavy (non-hydrogen) atoms. The minimum atomic E-state index is -3.91. The molecular weight excluding hydrogens is 472 g/mol. The van der Waals surface area contributed by atoms with Gasteiger partial charge in [-0.3, -0.25) is 9.52 Å². The zero-order chi connectivity index (χ0) is 24.5. The first-order valence-electron chi connectivity index (χ1n) is 11.0. The number of carbonyl (C=O) groups excluding carboxylic acids is 2. The summed E-state index contributed by atoms with van der Waals surface area (Å²) in [6.07, 6.45) is 2.60. The second-order valence-electron chi connectivity index (χ2n) is 8.19. The minimum Gasteiger partial charge on any atom is -0.462 e. The number of fused-ring (bicyclic) bond motifs is 1. The molecule has 3 aromatic rings. The molecule has 0 atom stereocenters.